The van der Waals surface area contributed by atoms with E-state index in [0.29, 0.717) is 31.5 Å². The van der Waals surface area contributed by atoms with Crippen LogP contribution >= 0.6 is 0 Å². The first kappa shape index (κ1) is 14.2. The molecule has 0 saturated heterocycles. The lowest BCUT2D eigenvalue weighted by Gasteiger charge is -2.38. The Bertz CT molecular complexity index is 295. The van der Waals surface area contributed by atoms with Crippen molar-refractivity contribution in [3.8, 4) is 0 Å². The third kappa shape index (κ3) is 3.30. The number of esters is 1. The molecule has 0 aliphatic heterocycles. The molecule has 1 fully saturated rings. The van der Waals surface area contributed by atoms with Gasteiger partial charge in [0.15, 0.2) is 0 Å². The number of Topliss-reactive ketones (excluding diaryl/α,β-unsaturated/α-hetero) is 1. The quantitative estimate of drug-likeness (QED) is 0.708. The molecule has 0 spiro atoms. The predicted octanol–water partition coefficient (Wildman–Crippen LogP) is 3.26. The Morgan fingerprint density at radius 2 is 1.82 bits per heavy atom. The Kier molecular flexibility index (Phi) is 4.34. The Hall–Kier alpha value is -0.860. The summed E-state index contributed by atoms with van der Waals surface area (Å²) in [6, 6.07) is 0. The van der Waals surface area contributed by atoms with Gasteiger partial charge in [-0.2, -0.15) is 0 Å². The van der Waals surface area contributed by atoms with Gasteiger partial charge in [-0.05, 0) is 39.5 Å². The molecule has 0 radical (unpaired) electrons. The number of ether oxygens (including phenoxy) is 1. The average molecular weight is 240 g/mol. The molecule has 0 aromatic carbocycles. The van der Waals surface area contributed by atoms with Gasteiger partial charge in [0.1, 0.15) is 11.4 Å². The van der Waals surface area contributed by atoms with Gasteiger partial charge in [-0.15, -0.1) is 0 Å². The van der Waals surface area contributed by atoms with Gasteiger partial charge in [0.05, 0.1) is 5.41 Å². The molecule has 98 valence electrons. The number of carbonyl (C=O) groups excluding carboxylic acids is 2. The molecule has 0 unspecified atom stereocenters. The molecule has 0 aromatic rings. The molecule has 3 heteroatoms. The minimum Gasteiger partial charge on any atom is -0.459 e. The molecule has 1 aliphatic rings. The molecule has 0 N–H and O–H groups in total. The van der Waals surface area contributed by atoms with E-state index in [2.05, 4.69) is 0 Å². The highest BCUT2D eigenvalue weighted by molar-refractivity contribution is 5.80. The maximum atomic E-state index is 12.1. The Morgan fingerprint density at radius 3 is 2.24 bits per heavy atom. The summed E-state index contributed by atoms with van der Waals surface area (Å²) in [6.07, 6.45) is 4.04. The molecule has 0 atom stereocenters. The number of hydrogen-bond donors (Lipinski definition) is 0. The summed E-state index contributed by atoms with van der Waals surface area (Å²) in [6.45, 7) is 7.84. The van der Waals surface area contributed by atoms with Gasteiger partial charge in [0.2, 0.25) is 0 Å². The maximum absolute atomic E-state index is 12.1. The van der Waals surface area contributed by atoms with Crippen LogP contribution in [0.4, 0.5) is 0 Å². The second-order valence-corrected chi connectivity index (χ2v) is 5.70. The number of carbonyl (C=O) groups is 2. The van der Waals surface area contributed by atoms with E-state index in [4.69, 9.17) is 4.74 Å². The molecule has 1 saturated carbocycles. The maximum Gasteiger partial charge on any atom is 0.312 e. The smallest absolute Gasteiger partial charge is 0.312 e. The fraction of sp³-hybridized carbons (Fsp3) is 0.857. The van der Waals surface area contributed by atoms with Crippen LogP contribution in [0.15, 0.2) is 0 Å². The monoisotopic (exact) mass is 240 g/mol. The summed E-state index contributed by atoms with van der Waals surface area (Å²) in [7, 11) is 0. The van der Waals surface area contributed by atoms with Crippen molar-refractivity contribution >= 4 is 11.8 Å². The predicted molar refractivity (Wildman–Crippen MR) is 66.7 cm³/mol. The van der Waals surface area contributed by atoms with Crippen LogP contribution in [0.1, 0.15) is 66.2 Å². The van der Waals surface area contributed by atoms with E-state index in [0.717, 1.165) is 12.8 Å². The average Bonchev–Trinajstić information content (AvgIpc) is 2.32. The van der Waals surface area contributed by atoms with Crippen LogP contribution in [-0.4, -0.2) is 17.4 Å². The van der Waals surface area contributed by atoms with Crippen LogP contribution in [0.25, 0.3) is 0 Å². The zero-order chi connectivity index (χ0) is 13.1. The molecule has 0 aromatic heterocycles. The molecule has 0 heterocycles. The van der Waals surface area contributed by atoms with Crippen LogP contribution in [0.3, 0.4) is 0 Å². The fourth-order valence-electron chi connectivity index (χ4n) is 1.99. The molecule has 0 bridgehead atoms. The molecule has 1 aliphatic carbocycles. The SMILES string of the molecule is CCC1(OC(=O)C(C)(C)CC)CCC(=O)CC1. The standard InChI is InChI=1S/C14H24O3/c1-5-13(3,4)12(16)17-14(6-2)9-7-11(15)8-10-14/h5-10H2,1-4H3. The highest BCUT2D eigenvalue weighted by Gasteiger charge is 2.40. The normalized spacial score (nSPS) is 20.1. The topological polar surface area (TPSA) is 43.4 Å². The number of ketones is 1. The van der Waals surface area contributed by atoms with E-state index >= 15 is 0 Å². The van der Waals surface area contributed by atoms with Crippen molar-refractivity contribution in [2.75, 3.05) is 0 Å². The van der Waals surface area contributed by atoms with Crippen molar-refractivity contribution in [2.24, 2.45) is 5.41 Å². The van der Waals surface area contributed by atoms with E-state index in [-0.39, 0.29) is 5.97 Å². The highest BCUT2D eigenvalue weighted by atomic mass is 16.6. The van der Waals surface area contributed by atoms with Crippen molar-refractivity contribution in [3.05, 3.63) is 0 Å². The second kappa shape index (κ2) is 5.19. The van der Waals surface area contributed by atoms with Crippen LogP contribution in [0, 0.1) is 5.41 Å². The minimum atomic E-state index is -0.427. The highest BCUT2D eigenvalue weighted by Crippen LogP contribution is 2.35. The lowest BCUT2D eigenvalue weighted by Crippen LogP contribution is -2.42. The van der Waals surface area contributed by atoms with Gasteiger partial charge in [-0.3, -0.25) is 9.59 Å². The van der Waals surface area contributed by atoms with E-state index in [1.54, 1.807) is 0 Å². The Balaban J connectivity index is 2.70. The van der Waals surface area contributed by atoms with Crippen LogP contribution in [-0.2, 0) is 14.3 Å². The molecule has 1 rings (SSSR count). The van der Waals surface area contributed by atoms with Gasteiger partial charge < -0.3 is 4.74 Å². The van der Waals surface area contributed by atoms with Gasteiger partial charge in [0.25, 0.3) is 0 Å². The summed E-state index contributed by atoms with van der Waals surface area (Å²) < 4.78 is 5.74. The lowest BCUT2D eigenvalue weighted by molar-refractivity contribution is -0.175. The largest absolute Gasteiger partial charge is 0.459 e. The fourth-order valence-corrected chi connectivity index (χ4v) is 1.99. The van der Waals surface area contributed by atoms with Crippen LogP contribution < -0.4 is 0 Å². The molecule has 17 heavy (non-hydrogen) atoms. The van der Waals surface area contributed by atoms with Crippen molar-refractivity contribution in [3.63, 3.8) is 0 Å². The summed E-state index contributed by atoms with van der Waals surface area (Å²) in [5.41, 5.74) is -0.818. The molecular formula is C14H24O3. The first-order valence-electron chi connectivity index (χ1n) is 6.60. The van der Waals surface area contributed by atoms with Crippen molar-refractivity contribution in [1.82, 2.24) is 0 Å². The lowest BCUT2D eigenvalue weighted by atomic mass is 9.81. The van der Waals surface area contributed by atoms with Gasteiger partial charge in [-0.25, -0.2) is 0 Å². The zero-order valence-corrected chi connectivity index (χ0v) is 11.5. The minimum absolute atomic E-state index is 0.129. The molecule has 0 amide bonds. The summed E-state index contributed by atoms with van der Waals surface area (Å²) >= 11 is 0. The second-order valence-electron chi connectivity index (χ2n) is 5.70. The Labute approximate surface area is 104 Å². The van der Waals surface area contributed by atoms with E-state index < -0.39 is 11.0 Å². The summed E-state index contributed by atoms with van der Waals surface area (Å²) in [4.78, 5) is 23.4. The number of hydrogen-bond acceptors (Lipinski definition) is 3. The summed E-state index contributed by atoms with van der Waals surface area (Å²) in [5, 5.41) is 0. The summed E-state index contributed by atoms with van der Waals surface area (Å²) in [5.74, 6) is 0.163. The van der Waals surface area contributed by atoms with E-state index in [9.17, 15) is 9.59 Å². The van der Waals surface area contributed by atoms with Gasteiger partial charge in [-0.1, -0.05) is 13.8 Å². The number of rotatable bonds is 4. The first-order valence-corrected chi connectivity index (χ1v) is 6.60. The van der Waals surface area contributed by atoms with Crippen LogP contribution in [0.5, 0.6) is 0 Å². The Morgan fingerprint density at radius 1 is 1.29 bits per heavy atom. The molecule has 3 nitrogen and oxygen atoms in total. The van der Waals surface area contributed by atoms with E-state index in [1.165, 1.54) is 0 Å². The molecular weight excluding hydrogens is 216 g/mol. The van der Waals surface area contributed by atoms with Crippen molar-refractivity contribution in [1.29, 1.82) is 0 Å². The van der Waals surface area contributed by atoms with E-state index in [1.807, 2.05) is 27.7 Å². The van der Waals surface area contributed by atoms with Crippen molar-refractivity contribution < 1.29 is 14.3 Å². The van der Waals surface area contributed by atoms with Gasteiger partial charge >= 0.3 is 5.97 Å². The van der Waals surface area contributed by atoms with Gasteiger partial charge in [0, 0.05) is 12.8 Å². The third-order valence-corrected chi connectivity index (χ3v) is 4.11. The zero-order valence-electron chi connectivity index (χ0n) is 11.5. The van der Waals surface area contributed by atoms with Crippen molar-refractivity contribution in [2.45, 2.75) is 71.8 Å². The third-order valence-electron chi connectivity index (χ3n) is 4.11. The van der Waals surface area contributed by atoms with Crippen LogP contribution in [0.2, 0.25) is 0 Å². The first-order chi connectivity index (χ1) is 7.85.